The maximum atomic E-state index is 13.3. The van der Waals surface area contributed by atoms with E-state index >= 15 is 0 Å². The fourth-order valence-electron chi connectivity index (χ4n) is 5.94. The number of anilines is 1. The highest BCUT2D eigenvalue weighted by Crippen LogP contribution is 2.37. The number of likely N-dealkylation sites (tertiary alicyclic amines) is 1. The molecule has 1 saturated carbocycles. The molecule has 2 aromatic rings. The average Bonchev–Trinajstić information content (AvgIpc) is 3.50. The first kappa shape index (κ1) is 26.0. The molecule has 4 rings (SSSR count). The molecule has 1 aromatic carbocycles. The van der Waals surface area contributed by atoms with Gasteiger partial charge in [-0.15, -0.1) is 0 Å². The molecule has 1 aliphatic heterocycles. The highest BCUT2D eigenvalue weighted by Gasteiger charge is 2.30. The molecule has 192 valence electrons. The molecule has 0 atom stereocenters. The van der Waals surface area contributed by atoms with Gasteiger partial charge in [0.05, 0.1) is 12.1 Å². The smallest absolute Gasteiger partial charge is 0.253 e. The zero-order valence-corrected chi connectivity index (χ0v) is 21.9. The summed E-state index contributed by atoms with van der Waals surface area (Å²) in [6.45, 7) is 8.68. The normalized spacial score (nSPS) is 16.9. The maximum Gasteiger partial charge on any atom is 0.253 e. The van der Waals surface area contributed by atoms with E-state index in [2.05, 4.69) is 34.7 Å². The van der Waals surface area contributed by atoms with E-state index in [0.29, 0.717) is 37.1 Å². The Bertz CT molecular complexity index is 1100. The standard InChI is InChI=1S/C29H39N5O2/c1-4-16-33(24-14-17-32(18-15-24)29(36)23-10-6-5-7-11-23)20-27(35)31-28-26(19-30)21(2)22(3)34(28)25-12-8-9-13-25/h5-7,10-11,24-25H,4,8-9,12-18,20H2,1-3H3,(H,31,35). The van der Waals surface area contributed by atoms with Crippen LogP contribution < -0.4 is 5.32 Å². The van der Waals surface area contributed by atoms with E-state index in [1.54, 1.807) is 0 Å². The van der Waals surface area contributed by atoms with E-state index in [0.717, 1.165) is 55.5 Å². The Balaban J connectivity index is 1.42. The van der Waals surface area contributed by atoms with E-state index < -0.39 is 0 Å². The van der Waals surface area contributed by atoms with Gasteiger partial charge in [0.25, 0.3) is 5.91 Å². The van der Waals surface area contributed by atoms with Crippen molar-refractivity contribution >= 4 is 17.6 Å². The third kappa shape index (κ3) is 5.49. The van der Waals surface area contributed by atoms with Gasteiger partial charge in [0, 0.05) is 36.4 Å². The molecule has 7 nitrogen and oxygen atoms in total. The summed E-state index contributed by atoms with van der Waals surface area (Å²) in [6.07, 6.45) is 7.21. The lowest BCUT2D eigenvalue weighted by atomic mass is 10.0. The minimum absolute atomic E-state index is 0.0699. The van der Waals surface area contributed by atoms with Crippen LogP contribution in [0.25, 0.3) is 0 Å². The zero-order chi connectivity index (χ0) is 25.7. The first-order chi connectivity index (χ1) is 17.4. The molecule has 1 N–H and O–H groups in total. The third-order valence-corrected chi connectivity index (χ3v) is 7.96. The van der Waals surface area contributed by atoms with Gasteiger partial charge < -0.3 is 14.8 Å². The molecule has 0 radical (unpaired) electrons. The Morgan fingerprint density at radius 1 is 1.08 bits per heavy atom. The summed E-state index contributed by atoms with van der Waals surface area (Å²) in [7, 11) is 0. The maximum absolute atomic E-state index is 13.3. The van der Waals surface area contributed by atoms with Gasteiger partial charge >= 0.3 is 0 Å². The predicted molar refractivity (Wildman–Crippen MR) is 142 cm³/mol. The Morgan fingerprint density at radius 2 is 1.75 bits per heavy atom. The number of benzene rings is 1. The summed E-state index contributed by atoms with van der Waals surface area (Å²) in [5.41, 5.74) is 3.35. The number of nitriles is 1. The molecule has 1 aliphatic carbocycles. The van der Waals surface area contributed by atoms with Crippen LogP contribution in [0.2, 0.25) is 0 Å². The summed E-state index contributed by atoms with van der Waals surface area (Å²) in [4.78, 5) is 30.3. The minimum Gasteiger partial charge on any atom is -0.339 e. The van der Waals surface area contributed by atoms with Gasteiger partial charge in [0.15, 0.2) is 0 Å². The fourth-order valence-corrected chi connectivity index (χ4v) is 5.94. The molecule has 36 heavy (non-hydrogen) atoms. The summed E-state index contributed by atoms with van der Waals surface area (Å²) in [5, 5.41) is 13.0. The van der Waals surface area contributed by atoms with Crippen LogP contribution in [-0.2, 0) is 4.79 Å². The number of rotatable bonds is 8. The predicted octanol–water partition coefficient (Wildman–Crippen LogP) is 5.05. The van der Waals surface area contributed by atoms with E-state index in [4.69, 9.17) is 0 Å². The Morgan fingerprint density at radius 3 is 2.36 bits per heavy atom. The highest BCUT2D eigenvalue weighted by molar-refractivity contribution is 5.94. The molecule has 0 unspecified atom stereocenters. The van der Waals surface area contributed by atoms with Crippen molar-refractivity contribution in [3.63, 3.8) is 0 Å². The first-order valence-corrected chi connectivity index (χ1v) is 13.4. The second-order valence-corrected chi connectivity index (χ2v) is 10.3. The van der Waals surface area contributed by atoms with Gasteiger partial charge in [0.2, 0.25) is 5.91 Å². The van der Waals surface area contributed by atoms with Crippen molar-refractivity contribution in [1.29, 1.82) is 5.26 Å². The van der Waals surface area contributed by atoms with Gasteiger partial charge in [-0.05, 0) is 70.2 Å². The van der Waals surface area contributed by atoms with Gasteiger partial charge in [0.1, 0.15) is 11.9 Å². The molecule has 2 amide bonds. The van der Waals surface area contributed by atoms with Gasteiger partial charge in [-0.3, -0.25) is 14.5 Å². The molecule has 7 heteroatoms. The monoisotopic (exact) mass is 489 g/mol. The number of hydrogen-bond donors (Lipinski definition) is 1. The second kappa shape index (κ2) is 11.7. The van der Waals surface area contributed by atoms with Crippen molar-refractivity contribution in [3.05, 3.63) is 52.7 Å². The van der Waals surface area contributed by atoms with Crippen LogP contribution >= 0.6 is 0 Å². The summed E-state index contributed by atoms with van der Waals surface area (Å²) in [6, 6.07) is 12.4. The number of amides is 2. The third-order valence-electron chi connectivity index (χ3n) is 7.96. The topological polar surface area (TPSA) is 81.4 Å². The molecule has 0 bridgehead atoms. The largest absolute Gasteiger partial charge is 0.339 e. The Hall–Kier alpha value is -3.11. The summed E-state index contributed by atoms with van der Waals surface area (Å²) < 4.78 is 2.20. The van der Waals surface area contributed by atoms with Gasteiger partial charge in [-0.1, -0.05) is 38.0 Å². The van der Waals surface area contributed by atoms with Crippen LogP contribution in [0.3, 0.4) is 0 Å². The van der Waals surface area contributed by atoms with Crippen LogP contribution in [-0.4, -0.2) is 58.4 Å². The Labute approximate surface area is 215 Å². The van der Waals surface area contributed by atoms with Crippen molar-refractivity contribution in [2.24, 2.45) is 0 Å². The van der Waals surface area contributed by atoms with Crippen LogP contribution in [0.4, 0.5) is 5.82 Å². The first-order valence-electron chi connectivity index (χ1n) is 13.4. The SMILES string of the molecule is CCCN(CC(=O)Nc1c(C#N)c(C)c(C)n1C1CCCC1)C1CCN(C(=O)c2ccccc2)CC1. The molecule has 2 aliphatic rings. The lowest BCUT2D eigenvalue weighted by molar-refractivity contribution is -0.118. The number of carbonyl (C=O) groups is 2. The summed E-state index contributed by atoms with van der Waals surface area (Å²) >= 11 is 0. The van der Waals surface area contributed by atoms with Crippen molar-refractivity contribution in [1.82, 2.24) is 14.4 Å². The van der Waals surface area contributed by atoms with Crippen molar-refractivity contribution < 1.29 is 9.59 Å². The van der Waals surface area contributed by atoms with E-state index in [-0.39, 0.29) is 17.9 Å². The molecule has 0 spiro atoms. The highest BCUT2D eigenvalue weighted by atomic mass is 16.2. The molecule has 2 heterocycles. The van der Waals surface area contributed by atoms with E-state index in [9.17, 15) is 14.9 Å². The number of aromatic nitrogens is 1. The zero-order valence-electron chi connectivity index (χ0n) is 21.9. The van der Waals surface area contributed by atoms with Gasteiger partial charge in [-0.25, -0.2) is 0 Å². The summed E-state index contributed by atoms with van der Waals surface area (Å²) in [5.74, 6) is 0.680. The van der Waals surface area contributed by atoms with Crippen LogP contribution in [0.1, 0.15) is 85.1 Å². The molecule has 1 saturated heterocycles. The van der Waals surface area contributed by atoms with Crippen molar-refractivity contribution in [2.75, 3.05) is 31.5 Å². The number of carbonyl (C=O) groups excluding carboxylic acids is 2. The van der Waals surface area contributed by atoms with Crippen LogP contribution in [0, 0.1) is 25.2 Å². The fraction of sp³-hybridized carbons (Fsp3) is 0.552. The Kier molecular flexibility index (Phi) is 8.48. The van der Waals surface area contributed by atoms with Gasteiger partial charge in [-0.2, -0.15) is 5.26 Å². The number of nitrogens with zero attached hydrogens (tertiary/aromatic N) is 4. The van der Waals surface area contributed by atoms with Crippen molar-refractivity contribution in [3.8, 4) is 6.07 Å². The molecular formula is C29H39N5O2. The van der Waals surface area contributed by atoms with E-state index in [1.165, 1.54) is 12.8 Å². The quantitative estimate of drug-likeness (QED) is 0.563. The number of hydrogen-bond acceptors (Lipinski definition) is 4. The minimum atomic E-state index is -0.0699. The molecular weight excluding hydrogens is 450 g/mol. The van der Waals surface area contributed by atoms with E-state index in [1.807, 2.05) is 42.2 Å². The number of nitrogens with one attached hydrogen (secondary N) is 1. The average molecular weight is 490 g/mol. The number of piperidine rings is 1. The van der Waals surface area contributed by atoms with Crippen molar-refractivity contribution in [2.45, 2.75) is 77.8 Å². The van der Waals surface area contributed by atoms with Crippen LogP contribution in [0.5, 0.6) is 0 Å². The second-order valence-electron chi connectivity index (χ2n) is 10.3. The molecule has 2 fully saturated rings. The molecule has 1 aromatic heterocycles. The lowest BCUT2D eigenvalue weighted by Gasteiger charge is -2.38. The lowest BCUT2D eigenvalue weighted by Crippen LogP contribution is -2.49. The van der Waals surface area contributed by atoms with Crippen LogP contribution in [0.15, 0.2) is 30.3 Å².